The molecule has 3 heterocycles. The van der Waals surface area contributed by atoms with Gasteiger partial charge in [-0.1, -0.05) is 0 Å². The Hall–Kier alpha value is -2.90. The molecule has 2 aromatic heterocycles. The Kier molecular flexibility index (Phi) is 5.27. The molecular formula is C20H25N5O3. The zero-order chi connectivity index (χ0) is 19.5. The first-order valence-corrected chi connectivity index (χ1v) is 9.88. The highest BCUT2D eigenvalue weighted by atomic mass is 16.6. The van der Waals surface area contributed by atoms with Crippen molar-refractivity contribution in [3.05, 3.63) is 30.2 Å². The summed E-state index contributed by atoms with van der Waals surface area (Å²) in [7, 11) is 0. The van der Waals surface area contributed by atoms with Crippen LogP contribution in [-0.4, -0.2) is 32.9 Å². The van der Waals surface area contributed by atoms with Crippen LogP contribution in [0.2, 0.25) is 0 Å². The average Bonchev–Trinajstić information content (AvgIpc) is 3.12. The number of nitrogens with two attached hydrogens (primary N) is 1. The Balaban J connectivity index is 1.45. The largest absolute Gasteiger partial charge is 0.446 e. The molecule has 0 saturated heterocycles. The lowest BCUT2D eigenvalue weighted by atomic mass is 9.86. The average molecular weight is 383 g/mol. The number of primary amides is 1. The fourth-order valence-corrected chi connectivity index (χ4v) is 4.21. The number of aromatic nitrogens is 3. The van der Waals surface area contributed by atoms with E-state index < -0.39 is 6.09 Å². The van der Waals surface area contributed by atoms with Gasteiger partial charge in [0.1, 0.15) is 11.9 Å². The second kappa shape index (κ2) is 8.00. The lowest BCUT2D eigenvalue weighted by molar-refractivity contribution is -0.122. The number of fused-ring (bicyclic) bond motifs is 1. The Morgan fingerprint density at radius 2 is 2.14 bits per heavy atom. The number of anilines is 1. The van der Waals surface area contributed by atoms with Gasteiger partial charge in [0.25, 0.3) is 0 Å². The van der Waals surface area contributed by atoms with Crippen LogP contribution in [0, 0.1) is 5.92 Å². The van der Waals surface area contributed by atoms with Gasteiger partial charge in [0.15, 0.2) is 0 Å². The number of rotatable bonds is 4. The van der Waals surface area contributed by atoms with Crippen LogP contribution in [0.4, 0.5) is 10.6 Å². The molecule has 8 heteroatoms. The van der Waals surface area contributed by atoms with Crippen molar-refractivity contribution in [2.75, 3.05) is 5.32 Å². The number of nitrogens with one attached hydrogen (secondary N) is 1. The van der Waals surface area contributed by atoms with E-state index in [1.54, 1.807) is 6.20 Å². The zero-order valence-corrected chi connectivity index (χ0v) is 15.8. The molecule has 2 amide bonds. The number of amides is 2. The molecule has 0 spiro atoms. The van der Waals surface area contributed by atoms with Gasteiger partial charge in [-0.3, -0.25) is 9.48 Å². The molecule has 0 unspecified atom stereocenters. The van der Waals surface area contributed by atoms with Crippen molar-refractivity contribution in [1.29, 1.82) is 0 Å². The summed E-state index contributed by atoms with van der Waals surface area (Å²) in [6, 6.07) is 3.84. The van der Waals surface area contributed by atoms with Crippen molar-refractivity contribution in [3.8, 4) is 11.1 Å². The van der Waals surface area contributed by atoms with E-state index in [2.05, 4.69) is 20.1 Å². The predicted octanol–water partition coefficient (Wildman–Crippen LogP) is 2.87. The highest BCUT2D eigenvalue weighted by Crippen LogP contribution is 2.30. The van der Waals surface area contributed by atoms with Crippen LogP contribution in [0.15, 0.2) is 24.5 Å². The number of aryl methyl sites for hydroxylation is 1. The van der Waals surface area contributed by atoms with Gasteiger partial charge >= 0.3 is 6.09 Å². The molecule has 2 aliphatic rings. The van der Waals surface area contributed by atoms with Crippen molar-refractivity contribution < 1.29 is 14.3 Å². The first kappa shape index (κ1) is 18.5. The van der Waals surface area contributed by atoms with E-state index in [9.17, 15) is 9.59 Å². The fraction of sp³-hybridized carbons (Fsp3) is 0.500. The van der Waals surface area contributed by atoms with E-state index >= 15 is 0 Å². The summed E-state index contributed by atoms with van der Waals surface area (Å²) in [5.74, 6) is 0.211. The summed E-state index contributed by atoms with van der Waals surface area (Å²) in [4.78, 5) is 28.0. The number of pyridine rings is 1. The molecule has 2 atom stereocenters. The molecule has 3 N–H and O–H groups in total. The van der Waals surface area contributed by atoms with Gasteiger partial charge in [0.2, 0.25) is 5.91 Å². The van der Waals surface area contributed by atoms with Crippen LogP contribution in [0.3, 0.4) is 0 Å². The quantitative estimate of drug-likeness (QED) is 0.843. The lowest BCUT2D eigenvalue weighted by Gasteiger charge is -2.27. The van der Waals surface area contributed by atoms with Crippen LogP contribution < -0.4 is 11.1 Å². The van der Waals surface area contributed by atoms with Gasteiger partial charge in [0, 0.05) is 29.9 Å². The molecule has 0 radical (unpaired) electrons. The van der Waals surface area contributed by atoms with Crippen LogP contribution in [0.25, 0.3) is 11.1 Å². The first-order valence-electron chi connectivity index (χ1n) is 9.88. The van der Waals surface area contributed by atoms with Crippen LogP contribution in [0.5, 0.6) is 0 Å². The SMILES string of the molecule is NC(=O)O[C@@H]1CCC[C@H](C(=O)Nc2cc(-c3cnn4c3CCCC4)ccn2)C1. The van der Waals surface area contributed by atoms with Crippen molar-refractivity contribution >= 4 is 17.8 Å². The monoisotopic (exact) mass is 383 g/mol. The second-order valence-electron chi connectivity index (χ2n) is 7.53. The Labute approximate surface area is 163 Å². The standard InChI is InChI=1S/C20H25N5O3/c21-20(27)28-15-5-3-4-14(10-15)19(26)24-18-11-13(7-8-22-18)16-12-23-25-9-2-1-6-17(16)25/h7-8,11-12,14-15H,1-6,9-10H2,(H2,21,27)(H,22,24,26)/t14-,15+/m0/s1. The van der Waals surface area contributed by atoms with Crippen molar-refractivity contribution in [2.24, 2.45) is 11.7 Å². The summed E-state index contributed by atoms with van der Waals surface area (Å²) in [6.45, 7) is 0.959. The molecule has 1 fully saturated rings. The van der Waals surface area contributed by atoms with E-state index in [0.29, 0.717) is 12.2 Å². The minimum Gasteiger partial charge on any atom is -0.446 e. The summed E-state index contributed by atoms with van der Waals surface area (Å²) in [5.41, 5.74) is 8.45. The van der Waals surface area contributed by atoms with Crippen LogP contribution in [0.1, 0.15) is 44.2 Å². The van der Waals surface area contributed by atoms with Gasteiger partial charge in [0.05, 0.1) is 6.20 Å². The molecular weight excluding hydrogens is 358 g/mol. The molecule has 148 valence electrons. The minimum atomic E-state index is -0.787. The highest BCUT2D eigenvalue weighted by Gasteiger charge is 2.29. The summed E-state index contributed by atoms with van der Waals surface area (Å²) >= 11 is 0. The van der Waals surface area contributed by atoms with Gasteiger partial charge in [-0.05, 0) is 62.6 Å². The third kappa shape index (κ3) is 4.00. The van der Waals surface area contributed by atoms with Gasteiger partial charge in [-0.15, -0.1) is 0 Å². The number of nitrogens with zero attached hydrogens (tertiary/aromatic N) is 3. The Bertz CT molecular complexity index is 878. The minimum absolute atomic E-state index is 0.0977. The number of ether oxygens (including phenoxy) is 1. The van der Waals surface area contributed by atoms with Crippen molar-refractivity contribution in [2.45, 2.75) is 57.6 Å². The van der Waals surface area contributed by atoms with Gasteiger partial charge in [-0.2, -0.15) is 5.10 Å². The fourth-order valence-electron chi connectivity index (χ4n) is 4.21. The first-order chi connectivity index (χ1) is 13.6. The predicted molar refractivity (Wildman–Crippen MR) is 103 cm³/mol. The van der Waals surface area contributed by atoms with Gasteiger partial charge < -0.3 is 15.8 Å². The second-order valence-corrected chi connectivity index (χ2v) is 7.53. The third-order valence-corrected chi connectivity index (χ3v) is 5.58. The van der Waals surface area contributed by atoms with E-state index in [-0.39, 0.29) is 17.9 Å². The molecule has 28 heavy (non-hydrogen) atoms. The molecule has 1 saturated carbocycles. The summed E-state index contributed by atoms with van der Waals surface area (Å²) in [6.07, 6.45) is 8.70. The molecule has 2 aromatic rings. The molecule has 0 aromatic carbocycles. The maximum atomic E-state index is 12.7. The number of carbonyl (C=O) groups excluding carboxylic acids is 2. The molecule has 1 aliphatic heterocycles. The number of hydrogen-bond donors (Lipinski definition) is 2. The third-order valence-electron chi connectivity index (χ3n) is 5.58. The van der Waals surface area contributed by atoms with E-state index in [1.165, 1.54) is 12.1 Å². The van der Waals surface area contributed by atoms with Crippen LogP contribution in [-0.2, 0) is 22.5 Å². The molecule has 1 aliphatic carbocycles. The van der Waals surface area contributed by atoms with E-state index in [1.807, 2.05) is 18.3 Å². The lowest BCUT2D eigenvalue weighted by Crippen LogP contribution is -2.33. The maximum absolute atomic E-state index is 12.7. The highest BCUT2D eigenvalue weighted by molar-refractivity contribution is 5.92. The van der Waals surface area contributed by atoms with Gasteiger partial charge in [-0.25, -0.2) is 9.78 Å². The molecule has 0 bridgehead atoms. The number of hydrogen-bond acceptors (Lipinski definition) is 5. The zero-order valence-electron chi connectivity index (χ0n) is 15.8. The number of carbonyl (C=O) groups is 2. The summed E-state index contributed by atoms with van der Waals surface area (Å²) < 4.78 is 7.14. The van der Waals surface area contributed by atoms with E-state index in [4.69, 9.17) is 10.5 Å². The Morgan fingerprint density at radius 3 is 3.00 bits per heavy atom. The van der Waals surface area contributed by atoms with Crippen LogP contribution >= 0.6 is 0 Å². The molecule has 4 rings (SSSR count). The maximum Gasteiger partial charge on any atom is 0.404 e. The van der Waals surface area contributed by atoms with Crippen molar-refractivity contribution in [3.63, 3.8) is 0 Å². The summed E-state index contributed by atoms with van der Waals surface area (Å²) in [5, 5.41) is 7.41. The van der Waals surface area contributed by atoms with E-state index in [0.717, 1.165) is 49.8 Å². The smallest absolute Gasteiger partial charge is 0.404 e. The topological polar surface area (TPSA) is 112 Å². The Morgan fingerprint density at radius 1 is 1.25 bits per heavy atom. The normalized spacial score (nSPS) is 21.6. The van der Waals surface area contributed by atoms with Crippen molar-refractivity contribution in [1.82, 2.24) is 14.8 Å². The molecule has 8 nitrogen and oxygen atoms in total.